The molecule has 0 aliphatic heterocycles. The van der Waals surface area contributed by atoms with Crippen LogP contribution in [0.3, 0.4) is 0 Å². The molecule has 0 saturated heterocycles. The van der Waals surface area contributed by atoms with E-state index >= 15 is 0 Å². The fraction of sp³-hybridized carbons (Fsp3) is 0.444. The lowest BCUT2D eigenvalue weighted by Gasteiger charge is -2.19. The molecule has 14 heavy (non-hydrogen) atoms. The summed E-state index contributed by atoms with van der Waals surface area (Å²) in [6, 6.07) is 1.69. The monoisotopic (exact) mass is 211 g/mol. The molecular weight excluding hydrogens is 200 g/mol. The second-order valence-electron chi connectivity index (χ2n) is 3.13. The van der Waals surface area contributed by atoms with Gasteiger partial charge in [-0.25, -0.2) is 9.97 Å². The molecule has 0 aliphatic carbocycles. The Bertz CT molecular complexity index is 303. The molecule has 1 aromatic heterocycles. The quantitative estimate of drug-likeness (QED) is 0.531. The number of hydrogen-bond acceptors (Lipinski definition) is 5. The Hall–Kier alpha value is -1.10. The predicted octanol–water partition coefficient (Wildman–Crippen LogP) is 0.343. The highest BCUT2D eigenvalue weighted by atomic mass is 32.2. The van der Waals surface area contributed by atoms with Gasteiger partial charge < -0.3 is 9.90 Å². The van der Waals surface area contributed by atoms with Gasteiger partial charge in [-0.2, -0.15) is 0 Å². The van der Waals surface area contributed by atoms with Gasteiger partial charge in [0.15, 0.2) is 5.16 Å². The number of rotatable bonds is 4. The lowest BCUT2D eigenvalue weighted by Crippen LogP contribution is -2.36. The van der Waals surface area contributed by atoms with Crippen molar-refractivity contribution < 1.29 is 9.90 Å². The lowest BCUT2D eigenvalue weighted by atomic mass is 10.1. The number of aliphatic carboxylic acids is 1. The number of carbonyl (C=O) groups excluding carboxylic acids is 1. The van der Waals surface area contributed by atoms with Gasteiger partial charge in [-0.1, -0.05) is 25.6 Å². The molecule has 0 N–H and O–H groups in total. The standard InChI is InChI=1S/C9H12N2O2S/c1-6(2)7(8(12)13)14-9-10-4-3-5-11-9/h3-7H,1-2H3,(H,12,13)/p-1/t7-/m1/s1. The molecule has 1 heterocycles. The third-order valence-electron chi connectivity index (χ3n) is 1.61. The van der Waals surface area contributed by atoms with Crippen molar-refractivity contribution in [1.82, 2.24) is 9.97 Å². The Morgan fingerprint density at radius 2 is 2.00 bits per heavy atom. The van der Waals surface area contributed by atoms with E-state index in [1.54, 1.807) is 18.5 Å². The Balaban J connectivity index is 2.70. The maximum absolute atomic E-state index is 10.8. The van der Waals surface area contributed by atoms with Crippen LogP contribution < -0.4 is 5.11 Å². The van der Waals surface area contributed by atoms with Crippen molar-refractivity contribution in [1.29, 1.82) is 0 Å². The first-order valence-electron chi connectivity index (χ1n) is 4.26. The Morgan fingerprint density at radius 3 is 2.43 bits per heavy atom. The van der Waals surface area contributed by atoms with Crippen LogP contribution in [0.5, 0.6) is 0 Å². The second-order valence-corrected chi connectivity index (χ2v) is 4.24. The Labute approximate surface area is 86.8 Å². The van der Waals surface area contributed by atoms with Gasteiger partial charge in [0, 0.05) is 12.4 Å². The van der Waals surface area contributed by atoms with Gasteiger partial charge in [0.05, 0.1) is 11.2 Å². The summed E-state index contributed by atoms with van der Waals surface area (Å²) in [5.41, 5.74) is 0. The molecule has 0 unspecified atom stereocenters. The fourth-order valence-corrected chi connectivity index (χ4v) is 1.76. The first kappa shape index (κ1) is 11.0. The number of carboxylic acids is 1. The summed E-state index contributed by atoms with van der Waals surface area (Å²) >= 11 is 1.12. The molecule has 0 spiro atoms. The smallest absolute Gasteiger partial charge is 0.188 e. The largest absolute Gasteiger partial charge is 0.549 e. The molecule has 0 fully saturated rings. The van der Waals surface area contributed by atoms with E-state index in [0.717, 1.165) is 11.8 Å². The van der Waals surface area contributed by atoms with Crippen molar-refractivity contribution in [2.24, 2.45) is 5.92 Å². The number of nitrogens with zero attached hydrogens (tertiary/aromatic N) is 2. The zero-order valence-corrected chi connectivity index (χ0v) is 8.82. The predicted molar refractivity (Wildman–Crippen MR) is 51.5 cm³/mol. The molecule has 1 atom stereocenters. The molecule has 76 valence electrons. The maximum atomic E-state index is 10.8. The molecule has 0 radical (unpaired) electrons. The molecular formula is C9H11N2O2S-. The van der Waals surface area contributed by atoms with Crippen LogP contribution in [0.4, 0.5) is 0 Å². The molecule has 0 bridgehead atoms. The minimum atomic E-state index is -1.07. The van der Waals surface area contributed by atoms with E-state index in [2.05, 4.69) is 9.97 Å². The SMILES string of the molecule is CC(C)[C@@H](Sc1ncccn1)C(=O)[O-]. The second kappa shape index (κ2) is 4.95. The van der Waals surface area contributed by atoms with E-state index in [0.29, 0.717) is 5.16 Å². The molecule has 0 aromatic carbocycles. The average Bonchev–Trinajstić information content (AvgIpc) is 2.15. The van der Waals surface area contributed by atoms with Crippen LogP contribution in [-0.4, -0.2) is 21.2 Å². The summed E-state index contributed by atoms with van der Waals surface area (Å²) in [7, 11) is 0. The minimum Gasteiger partial charge on any atom is -0.549 e. The van der Waals surface area contributed by atoms with Gasteiger partial charge in [-0.15, -0.1) is 0 Å². The zero-order valence-electron chi connectivity index (χ0n) is 8.01. The molecule has 1 rings (SSSR count). The molecule has 1 aromatic rings. The summed E-state index contributed by atoms with van der Waals surface area (Å²) in [4.78, 5) is 18.6. The minimum absolute atomic E-state index is 0.00574. The number of thioether (sulfide) groups is 1. The van der Waals surface area contributed by atoms with Crippen LogP contribution in [-0.2, 0) is 4.79 Å². The summed E-state index contributed by atoms with van der Waals surface area (Å²) in [5.74, 6) is -1.08. The molecule has 5 heteroatoms. The van der Waals surface area contributed by atoms with E-state index in [9.17, 15) is 9.90 Å². The van der Waals surface area contributed by atoms with Crippen LogP contribution in [0.2, 0.25) is 0 Å². The van der Waals surface area contributed by atoms with Gasteiger partial charge in [-0.3, -0.25) is 0 Å². The average molecular weight is 211 g/mol. The van der Waals surface area contributed by atoms with Gasteiger partial charge in [-0.05, 0) is 12.0 Å². The number of hydrogen-bond donors (Lipinski definition) is 0. The number of aromatic nitrogens is 2. The normalized spacial score (nSPS) is 12.8. The Kier molecular flexibility index (Phi) is 3.88. The topological polar surface area (TPSA) is 65.9 Å². The summed E-state index contributed by atoms with van der Waals surface area (Å²) < 4.78 is 0. The van der Waals surface area contributed by atoms with E-state index in [1.165, 1.54) is 0 Å². The maximum Gasteiger partial charge on any atom is 0.188 e. The molecule has 0 amide bonds. The Morgan fingerprint density at radius 1 is 1.43 bits per heavy atom. The van der Waals surface area contributed by atoms with Gasteiger partial charge in [0.25, 0.3) is 0 Å². The van der Waals surface area contributed by atoms with Crippen molar-refractivity contribution in [2.75, 3.05) is 0 Å². The highest BCUT2D eigenvalue weighted by Crippen LogP contribution is 2.24. The van der Waals surface area contributed by atoms with Crippen LogP contribution in [0.25, 0.3) is 0 Å². The molecule has 4 nitrogen and oxygen atoms in total. The third kappa shape index (κ3) is 2.99. The zero-order chi connectivity index (χ0) is 10.6. The van der Waals surface area contributed by atoms with Crippen molar-refractivity contribution in [3.63, 3.8) is 0 Å². The van der Waals surface area contributed by atoms with Crippen LogP contribution in [0.15, 0.2) is 23.6 Å². The van der Waals surface area contributed by atoms with E-state index in [-0.39, 0.29) is 5.92 Å². The fourth-order valence-electron chi connectivity index (χ4n) is 0.916. The highest BCUT2D eigenvalue weighted by molar-refractivity contribution is 8.00. The highest BCUT2D eigenvalue weighted by Gasteiger charge is 2.17. The van der Waals surface area contributed by atoms with E-state index in [1.807, 2.05) is 13.8 Å². The molecule has 0 aliphatic rings. The van der Waals surface area contributed by atoms with Gasteiger partial charge in [0.2, 0.25) is 0 Å². The number of carboxylic acid groups (broad SMARTS) is 1. The van der Waals surface area contributed by atoms with Gasteiger partial charge in [0.1, 0.15) is 0 Å². The third-order valence-corrected chi connectivity index (χ3v) is 3.02. The van der Waals surface area contributed by atoms with Crippen molar-refractivity contribution in [2.45, 2.75) is 24.3 Å². The molecule has 0 saturated carbocycles. The van der Waals surface area contributed by atoms with Gasteiger partial charge >= 0.3 is 0 Å². The van der Waals surface area contributed by atoms with Crippen LogP contribution in [0.1, 0.15) is 13.8 Å². The summed E-state index contributed by atoms with van der Waals surface area (Å²) in [6.45, 7) is 3.66. The van der Waals surface area contributed by atoms with Crippen molar-refractivity contribution in [3.05, 3.63) is 18.5 Å². The van der Waals surface area contributed by atoms with E-state index < -0.39 is 11.2 Å². The van der Waals surface area contributed by atoms with Crippen LogP contribution >= 0.6 is 11.8 Å². The van der Waals surface area contributed by atoms with Crippen LogP contribution in [0, 0.1) is 5.92 Å². The lowest BCUT2D eigenvalue weighted by molar-refractivity contribution is -0.305. The number of carbonyl (C=O) groups is 1. The van der Waals surface area contributed by atoms with Crippen molar-refractivity contribution in [3.8, 4) is 0 Å². The van der Waals surface area contributed by atoms with E-state index in [4.69, 9.17) is 0 Å². The summed E-state index contributed by atoms with van der Waals surface area (Å²) in [5, 5.41) is 10.6. The van der Waals surface area contributed by atoms with Crippen molar-refractivity contribution >= 4 is 17.7 Å². The summed E-state index contributed by atoms with van der Waals surface area (Å²) in [6.07, 6.45) is 3.17. The first-order chi connectivity index (χ1) is 6.61. The first-order valence-corrected chi connectivity index (χ1v) is 5.13.